The molecule has 148 valence electrons. The van der Waals surface area contributed by atoms with Gasteiger partial charge in [0.05, 0.1) is 11.8 Å². The van der Waals surface area contributed by atoms with Gasteiger partial charge >= 0.3 is 6.18 Å². The Balaban J connectivity index is 1.54. The van der Waals surface area contributed by atoms with E-state index < -0.39 is 17.6 Å². The summed E-state index contributed by atoms with van der Waals surface area (Å²) < 4.78 is 53.8. The highest BCUT2D eigenvalue weighted by molar-refractivity contribution is 5.74. The van der Waals surface area contributed by atoms with Crippen LogP contribution in [0.4, 0.5) is 29.2 Å². The Morgan fingerprint density at radius 2 is 1.79 bits per heavy atom. The summed E-state index contributed by atoms with van der Waals surface area (Å²) in [4.78, 5) is 22.9. The van der Waals surface area contributed by atoms with Crippen LogP contribution in [0.1, 0.15) is 5.56 Å². The molecule has 1 aliphatic rings. The molecule has 1 aliphatic heterocycles. The van der Waals surface area contributed by atoms with Gasteiger partial charge in [0.15, 0.2) is 5.65 Å². The van der Waals surface area contributed by atoms with E-state index in [1.165, 1.54) is 16.9 Å². The largest absolute Gasteiger partial charge is 0.419 e. The number of fused-ring (bicyclic) bond motifs is 1. The average Bonchev–Trinajstić information content (AvgIpc) is 3.03. The van der Waals surface area contributed by atoms with Gasteiger partial charge in [-0.3, -0.25) is 14.5 Å². The molecule has 3 aromatic rings. The Hall–Kier alpha value is -3.11. The highest BCUT2D eigenvalue weighted by Gasteiger charge is 2.35. The molecule has 1 fully saturated rings. The molecular formula is C17H16F4N6O. The van der Waals surface area contributed by atoms with Gasteiger partial charge in [0.2, 0.25) is 5.95 Å². The number of hydrogen-bond donors (Lipinski definition) is 1. The van der Waals surface area contributed by atoms with Crippen LogP contribution in [0.3, 0.4) is 0 Å². The summed E-state index contributed by atoms with van der Waals surface area (Å²) in [6, 6.07) is 2.99. The molecule has 7 nitrogen and oxygen atoms in total. The van der Waals surface area contributed by atoms with Crippen LogP contribution in [0.2, 0.25) is 0 Å². The molecule has 4 rings (SSSR count). The fourth-order valence-corrected chi connectivity index (χ4v) is 3.27. The van der Waals surface area contributed by atoms with Crippen LogP contribution < -0.4 is 15.4 Å². The van der Waals surface area contributed by atoms with E-state index in [2.05, 4.69) is 15.1 Å². The molecule has 28 heavy (non-hydrogen) atoms. The zero-order chi connectivity index (χ0) is 20.1. The maximum atomic E-state index is 13.5. The minimum Gasteiger partial charge on any atom is -0.368 e. The predicted octanol–water partition coefficient (Wildman–Crippen LogP) is 2.14. The van der Waals surface area contributed by atoms with Crippen molar-refractivity contribution >= 4 is 22.7 Å². The molecular weight excluding hydrogens is 380 g/mol. The van der Waals surface area contributed by atoms with Crippen molar-refractivity contribution in [3.05, 3.63) is 46.1 Å². The summed E-state index contributed by atoms with van der Waals surface area (Å²) in [5.74, 6) is -0.906. The first kappa shape index (κ1) is 18.3. The number of H-pyrrole nitrogens is 1. The van der Waals surface area contributed by atoms with Crippen LogP contribution in [0.15, 0.2) is 29.2 Å². The zero-order valence-corrected chi connectivity index (χ0v) is 14.8. The second-order valence-electron chi connectivity index (χ2n) is 6.53. The molecule has 0 atom stereocenters. The molecule has 11 heteroatoms. The molecule has 0 aliphatic carbocycles. The molecule has 3 heterocycles. The second kappa shape index (κ2) is 6.50. The van der Waals surface area contributed by atoms with Crippen molar-refractivity contribution in [1.29, 1.82) is 0 Å². The molecule has 1 saturated heterocycles. The lowest BCUT2D eigenvalue weighted by Crippen LogP contribution is -2.47. The van der Waals surface area contributed by atoms with Gasteiger partial charge in [0.25, 0.3) is 5.56 Å². The van der Waals surface area contributed by atoms with Crippen LogP contribution in [-0.2, 0) is 13.2 Å². The molecule has 0 unspecified atom stereocenters. The third-order valence-corrected chi connectivity index (χ3v) is 4.79. The van der Waals surface area contributed by atoms with E-state index in [-0.39, 0.29) is 5.56 Å². The quantitative estimate of drug-likeness (QED) is 0.673. The van der Waals surface area contributed by atoms with Gasteiger partial charge < -0.3 is 9.80 Å². The van der Waals surface area contributed by atoms with Crippen molar-refractivity contribution in [3.8, 4) is 0 Å². The predicted molar refractivity (Wildman–Crippen MR) is 95.0 cm³/mol. The lowest BCUT2D eigenvalue weighted by molar-refractivity contribution is -0.139. The average molecular weight is 396 g/mol. The van der Waals surface area contributed by atoms with Crippen molar-refractivity contribution in [2.24, 2.45) is 7.05 Å². The van der Waals surface area contributed by atoms with Gasteiger partial charge in [-0.05, 0) is 18.2 Å². The van der Waals surface area contributed by atoms with E-state index in [0.717, 1.165) is 12.1 Å². The minimum atomic E-state index is -4.75. The summed E-state index contributed by atoms with van der Waals surface area (Å²) >= 11 is 0. The summed E-state index contributed by atoms with van der Waals surface area (Å²) in [6.45, 7) is 1.67. The molecule has 2 aromatic heterocycles. The molecule has 0 saturated carbocycles. The maximum Gasteiger partial charge on any atom is 0.419 e. The molecule has 1 N–H and O–H groups in total. The summed E-state index contributed by atoms with van der Waals surface area (Å²) in [5, 5.41) is 4.40. The minimum absolute atomic E-state index is 0.302. The van der Waals surface area contributed by atoms with Crippen molar-refractivity contribution in [1.82, 2.24) is 19.7 Å². The number of anilines is 2. The number of nitrogens with one attached hydrogen (secondary N) is 1. The van der Waals surface area contributed by atoms with Crippen LogP contribution in [0.25, 0.3) is 11.0 Å². The fraction of sp³-hybridized carbons (Fsp3) is 0.353. The highest BCUT2D eigenvalue weighted by Crippen LogP contribution is 2.34. The van der Waals surface area contributed by atoms with E-state index in [9.17, 15) is 22.4 Å². The molecule has 0 amide bonds. The summed E-state index contributed by atoms with van der Waals surface area (Å²) in [5.41, 5.74) is -0.824. The number of aromatic nitrogens is 4. The van der Waals surface area contributed by atoms with Crippen molar-refractivity contribution in [3.63, 3.8) is 0 Å². The number of aryl methyl sites for hydroxylation is 1. The van der Waals surface area contributed by atoms with E-state index in [4.69, 9.17) is 0 Å². The Morgan fingerprint density at radius 1 is 1.11 bits per heavy atom. The standard InChI is InChI=1S/C17H16F4N6O/c1-25-14-11(9-22-25)15(28)24-16(23-14)27-6-4-26(5-7-27)10-2-3-13(18)12(8-10)17(19,20)21/h2-3,8-9H,4-7H2,1H3,(H,23,24,28). The van der Waals surface area contributed by atoms with Gasteiger partial charge in [0, 0.05) is 38.9 Å². The first-order valence-corrected chi connectivity index (χ1v) is 8.53. The van der Waals surface area contributed by atoms with Crippen LogP contribution in [0, 0.1) is 5.82 Å². The van der Waals surface area contributed by atoms with E-state index in [1.54, 1.807) is 11.9 Å². The van der Waals surface area contributed by atoms with E-state index in [1.807, 2.05) is 4.90 Å². The second-order valence-corrected chi connectivity index (χ2v) is 6.53. The van der Waals surface area contributed by atoms with Gasteiger partial charge in [-0.1, -0.05) is 0 Å². The number of halogens is 4. The summed E-state index contributed by atoms with van der Waals surface area (Å²) in [7, 11) is 1.68. The Bertz CT molecular complexity index is 1080. The van der Waals surface area contributed by atoms with Crippen LogP contribution >= 0.6 is 0 Å². The number of hydrogen-bond acceptors (Lipinski definition) is 5. The number of rotatable bonds is 2. The van der Waals surface area contributed by atoms with E-state index in [0.29, 0.717) is 48.8 Å². The smallest absolute Gasteiger partial charge is 0.368 e. The SMILES string of the molecule is Cn1ncc2c(=O)[nH]c(N3CCN(c4ccc(F)c(C(F)(F)F)c4)CC3)nc21. The first-order valence-electron chi connectivity index (χ1n) is 8.53. The maximum absolute atomic E-state index is 13.5. The van der Waals surface area contributed by atoms with Crippen molar-refractivity contribution < 1.29 is 17.6 Å². The summed E-state index contributed by atoms with van der Waals surface area (Å²) in [6.07, 6.45) is -3.31. The van der Waals surface area contributed by atoms with Crippen LogP contribution in [-0.4, -0.2) is 45.9 Å². The topological polar surface area (TPSA) is 70.1 Å². The zero-order valence-electron chi connectivity index (χ0n) is 14.8. The lowest BCUT2D eigenvalue weighted by atomic mass is 10.1. The first-order chi connectivity index (χ1) is 13.2. The molecule has 0 bridgehead atoms. The van der Waals surface area contributed by atoms with Gasteiger partial charge in [-0.25, -0.2) is 4.39 Å². The number of piperazine rings is 1. The molecule has 0 spiro atoms. The highest BCUT2D eigenvalue weighted by atomic mass is 19.4. The van der Waals surface area contributed by atoms with Crippen molar-refractivity contribution in [2.45, 2.75) is 6.18 Å². The number of benzene rings is 1. The van der Waals surface area contributed by atoms with E-state index >= 15 is 0 Å². The molecule has 0 radical (unpaired) electrons. The fourth-order valence-electron chi connectivity index (χ4n) is 3.27. The third kappa shape index (κ3) is 3.16. The number of aromatic amines is 1. The van der Waals surface area contributed by atoms with Gasteiger partial charge in [0.1, 0.15) is 11.2 Å². The Kier molecular flexibility index (Phi) is 4.24. The monoisotopic (exact) mass is 396 g/mol. The number of nitrogens with zero attached hydrogens (tertiary/aromatic N) is 5. The molecule has 1 aromatic carbocycles. The normalized spacial score (nSPS) is 15.5. The Labute approximate surface area is 156 Å². The van der Waals surface area contributed by atoms with Gasteiger partial charge in [-0.15, -0.1) is 0 Å². The van der Waals surface area contributed by atoms with Gasteiger partial charge in [-0.2, -0.15) is 23.3 Å². The van der Waals surface area contributed by atoms with Crippen molar-refractivity contribution in [2.75, 3.05) is 36.0 Å². The lowest BCUT2D eigenvalue weighted by Gasteiger charge is -2.36. The van der Waals surface area contributed by atoms with Crippen LogP contribution in [0.5, 0.6) is 0 Å². The Morgan fingerprint density at radius 3 is 2.46 bits per heavy atom. The number of alkyl halides is 3. The third-order valence-electron chi connectivity index (χ3n) is 4.79.